The lowest BCUT2D eigenvalue weighted by Crippen LogP contribution is -2.48. The lowest BCUT2D eigenvalue weighted by Gasteiger charge is -2.35. The van der Waals surface area contributed by atoms with Crippen LogP contribution in [0.5, 0.6) is 0 Å². The molecular weight excluding hydrogens is 332 g/mol. The van der Waals surface area contributed by atoms with Crippen molar-refractivity contribution in [2.45, 2.75) is 32.6 Å². The van der Waals surface area contributed by atoms with Gasteiger partial charge in [0.2, 0.25) is 10.0 Å². The number of piperazine rings is 1. The Labute approximate surface area is 151 Å². The molecule has 0 radical (unpaired) electrons. The van der Waals surface area contributed by atoms with E-state index in [1.165, 1.54) is 16.8 Å². The van der Waals surface area contributed by atoms with E-state index in [1.54, 1.807) is 10.4 Å². The van der Waals surface area contributed by atoms with Crippen molar-refractivity contribution in [2.75, 3.05) is 31.1 Å². The average Bonchev–Trinajstić information content (AvgIpc) is 2.59. The van der Waals surface area contributed by atoms with E-state index in [4.69, 9.17) is 0 Å². The van der Waals surface area contributed by atoms with Gasteiger partial charge in [0.15, 0.2) is 0 Å². The molecule has 5 heteroatoms. The SMILES string of the molecule is Cc1ccc(C)c(S(=O)(=O)N2CCN(c3ccc(C)c(C)c3)CC2)c1. The average molecular weight is 359 g/mol. The van der Waals surface area contributed by atoms with Gasteiger partial charge in [-0.15, -0.1) is 0 Å². The van der Waals surface area contributed by atoms with Gasteiger partial charge in [0.25, 0.3) is 0 Å². The highest BCUT2D eigenvalue weighted by atomic mass is 32.2. The summed E-state index contributed by atoms with van der Waals surface area (Å²) in [4.78, 5) is 2.70. The number of nitrogens with zero attached hydrogens (tertiary/aromatic N) is 2. The highest BCUT2D eigenvalue weighted by Crippen LogP contribution is 2.25. The summed E-state index contributed by atoms with van der Waals surface area (Å²) in [5.41, 5.74) is 5.50. The van der Waals surface area contributed by atoms with Crippen LogP contribution in [-0.4, -0.2) is 38.9 Å². The van der Waals surface area contributed by atoms with E-state index in [-0.39, 0.29) is 0 Å². The molecule has 0 bridgehead atoms. The van der Waals surface area contributed by atoms with Gasteiger partial charge in [-0.25, -0.2) is 8.42 Å². The van der Waals surface area contributed by atoms with E-state index in [0.29, 0.717) is 31.1 Å². The summed E-state index contributed by atoms with van der Waals surface area (Å²) >= 11 is 0. The molecule has 0 aliphatic carbocycles. The van der Waals surface area contributed by atoms with Gasteiger partial charge in [0.1, 0.15) is 0 Å². The number of benzene rings is 2. The standard InChI is InChI=1S/C20H26N2O2S/c1-15-5-6-17(3)20(13-15)25(23,24)22-11-9-21(10-12-22)19-8-7-16(2)18(4)14-19/h5-8,13-14H,9-12H2,1-4H3. The molecule has 1 fully saturated rings. The summed E-state index contributed by atoms with van der Waals surface area (Å²) in [6, 6.07) is 12.0. The first kappa shape index (κ1) is 18.0. The summed E-state index contributed by atoms with van der Waals surface area (Å²) < 4.78 is 27.6. The van der Waals surface area contributed by atoms with Gasteiger partial charge in [-0.2, -0.15) is 4.31 Å². The molecule has 0 saturated carbocycles. The van der Waals surface area contributed by atoms with Gasteiger partial charge >= 0.3 is 0 Å². The van der Waals surface area contributed by atoms with Gasteiger partial charge < -0.3 is 4.90 Å². The quantitative estimate of drug-likeness (QED) is 0.844. The Morgan fingerprint density at radius 3 is 2.04 bits per heavy atom. The first-order chi connectivity index (χ1) is 11.8. The molecule has 0 atom stereocenters. The zero-order valence-electron chi connectivity index (χ0n) is 15.4. The fraction of sp³-hybridized carbons (Fsp3) is 0.400. The highest BCUT2D eigenvalue weighted by molar-refractivity contribution is 7.89. The van der Waals surface area contributed by atoms with Crippen molar-refractivity contribution < 1.29 is 8.42 Å². The minimum absolute atomic E-state index is 0.437. The van der Waals surface area contributed by atoms with E-state index in [1.807, 2.05) is 26.0 Å². The van der Waals surface area contributed by atoms with E-state index in [2.05, 4.69) is 36.9 Å². The molecule has 2 aromatic carbocycles. The van der Waals surface area contributed by atoms with Crippen LogP contribution in [-0.2, 0) is 10.0 Å². The van der Waals surface area contributed by atoms with Crippen molar-refractivity contribution in [1.82, 2.24) is 4.31 Å². The van der Waals surface area contributed by atoms with Gasteiger partial charge in [-0.05, 0) is 68.1 Å². The number of rotatable bonds is 3. The monoisotopic (exact) mass is 358 g/mol. The van der Waals surface area contributed by atoms with E-state index >= 15 is 0 Å². The topological polar surface area (TPSA) is 40.6 Å². The summed E-state index contributed by atoms with van der Waals surface area (Å²) in [6.45, 7) is 10.5. The molecule has 2 aromatic rings. The summed E-state index contributed by atoms with van der Waals surface area (Å²) in [5.74, 6) is 0. The van der Waals surface area contributed by atoms with Crippen LogP contribution in [0.4, 0.5) is 5.69 Å². The Bertz CT molecular complexity index is 883. The molecule has 25 heavy (non-hydrogen) atoms. The minimum Gasteiger partial charge on any atom is -0.369 e. The van der Waals surface area contributed by atoms with E-state index in [0.717, 1.165) is 11.1 Å². The Hall–Kier alpha value is -1.85. The lowest BCUT2D eigenvalue weighted by atomic mass is 10.1. The van der Waals surface area contributed by atoms with Crippen molar-refractivity contribution in [3.63, 3.8) is 0 Å². The molecule has 4 nitrogen and oxygen atoms in total. The molecule has 0 unspecified atom stereocenters. The third kappa shape index (κ3) is 3.58. The molecular formula is C20H26N2O2S. The molecule has 0 N–H and O–H groups in total. The second-order valence-electron chi connectivity index (χ2n) is 6.93. The van der Waals surface area contributed by atoms with Crippen LogP contribution in [0.1, 0.15) is 22.3 Å². The van der Waals surface area contributed by atoms with Crippen LogP contribution >= 0.6 is 0 Å². The maximum absolute atomic E-state index is 13.0. The number of aryl methyl sites for hydroxylation is 4. The fourth-order valence-electron chi connectivity index (χ4n) is 3.23. The molecule has 1 heterocycles. The zero-order chi connectivity index (χ0) is 18.2. The van der Waals surface area contributed by atoms with Crippen LogP contribution in [0.2, 0.25) is 0 Å². The predicted octanol–water partition coefficient (Wildman–Crippen LogP) is 3.43. The third-order valence-electron chi connectivity index (χ3n) is 5.06. The smallest absolute Gasteiger partial charge is 0.243 e. The number of hydrogen-bond acceptors (Lipinski definition) is 3. The summed E-state index contributed by atoms with van der Waals surface area (Å²) in [7, 11) is -3.43. The van der Waals surface area contributed by atoms with Crippen molar-refractivity contribution >= 4 is 15.7 Å². The molecule has 134 valence electrons. The molecule has 1 saturated heterocycles. The predicted molar refractivity (Wildman–Crippen MR) is 103 cm³/mol. The zero-order valence-corrected chi connectivity index (χ0v) is 16.2. The molecule has 3 rings (SSSR count). The Balaban J connectivity index is 1.77. The van der Waals surface area contributed by atoms with E-state index in [9.17, 15) is 8.42 Å². The van der Waals surface area contributed by atoms with Gasteiger partial charge in [0.05, 0.1) is 4.90 Å². The fourth-order valence-corrected chi connectivity index (χ4v) is 4.97. The molecule has 1 aliphatic rings. The maximum Gasteiger partial charge on any atom is 0.243 e. The van der Waals surface area contributed by atoms with Crippen LogP contribution < -0.4 is 4.90 Å². The maximum atomic E-state index is 13.0. The lowest BCUT2D eigenvalue weighted by molar-refractivity contribution is 0.384. The number of anilines is 1. The van der Waals surface area contributed by atoms with Crippen molar-refractivity contribution in [2.24, 2.45) is 0 Å². The van der Waals surface area contributed by atoms with Crippen LogP contribution in [0.3, 0.4) is 0 Å². The number of hydrogen-bond donors (Lipinski definition) is 0. The van der Waals surface area contributed by atoms with Crippen LogP contribution in [0, 0.1) is 27.7 Å². The molecule has 0 aromatic heterocycles. The van der Waals surface area contributed by atoms with Crippen LogP contribution in [0.25, 0.3) is 0 Å². The van der Waals surface area contributed by atoms with Gasteiger partial charge in [0, 0.05) is 31.9 Å². The summed E-state index contributed by atoms with van der Waals surface area (Å²) in [6.07, 6.45) is 0. The largest absolute Gasteiger partial charge is 0.369 e. The first-order valence-corrected chi connectivity index (χ1v) is 10.1. The third-order valence-corrected chi connectivity index (χ3v) is 7.10. The summed E-state index contributed by atoms with van der Waals surface area (Å²) in [5, 5.41) is 0. The molecule has 0 spiro atoms. The highest BCUT2D eigenvalue weighted by Gasteiger charge is 2.29. The second kappa shape index (κ2) is 6.81. The van der Waals surface area contributed by atoms with Gasteiger partial charge in [-0.3, -0.25) is 0 Å². The van der Waals surface area contributed by atoms with Crippen molar-refractivity contribution in [1.29, 1.82) is 0 Å². The Kier molecular flexibility index (Phi) is 4.89. The van der Waals surface area contributed by atoms with Crippen molar-refractivity contribution in [3.05, 3.63) is 58.7 Å². The van der Waals surface area contributed by atoms with E-state index < -0.39 is 10.0 Å². The molecule has 0 amide bonds. The van der Waals surface area contributed by atoms with Crippen LogP contribution in [0.15, 0.2) is 41.3 Å². The van der Waals surface area contributed by atoms with Gasteiger partial charge in [-0.1, -0.05) is 18.2 Å². The Morgan fingerprint density at radius 1 is 0.760 bits per heavy atom. The molecule has 1 aliphatic heterocycles. The number of sulfonamides is 1. The minimum atomic E-state index is -3.43. The Morgan fingerprint density at radius 2 is 1.40 bits per heavy atom. The first-order valence-electron chi connectivity index (χ1n) is 8.68. The van der Waals surface area contributed by atoms with Crippen molar-refractivity contribution in [3.8, 4) is 0 Å². The normalized spacial score (nSPS) is 16.2. The second-order valence-corrected chi connectivity index (χ2v) is 8.84.